The molecule has 1 aromatic heterocycles. The lowest BCUT2D eigenvalue weighted by Crippen LogP contribution is -2.52. The Bertz CT molecular complexity index is 1310. The lowest BCUT2D eigenvalue weighted by molar-refractivity contribution is 0.0939. The van der Waals surface area contributed by atoms with E-state index >= 15 is 0 Å². The van der Waals surface area contributed by atoms with E-state index < -0.39 is 0 Å². The van der Waals surface area contributed by atoms with Crippen LogP contribution in [0.15, 0.2) is 48.8 Å². The molecule has 2 aliphatic heterocycles. The molecule has 0 spiro atoms. The van der Waals surface area contributed by atoms with Gasteiger partial charge in [-0.05, 0) is 80.1 Å². The van der Waals surface area contributed by atoms with Gasteiger partial charge < -0.3 is 15.0 Å². The number of nitrogens with zero attached hydrogens (tertiary/aromatic N) is 4. The van der Waals surface area contributed by atoms with E-state index in [2.05, 4.69) is 44.5 Å². The molecule has 1 amide bonds. The molecule has 0 radical (unpaired) electrons. The van der Waals surface area contributed by atoms with Gasteiger partial charge in [0, 0.05) is 61.3 Å². The number of likely N-dealkylation sites (tertiary alicyclic amines) is 1. The summed E-state index contributed by atoms with van der Waals surface area (Å²) in [6.45, 7) is 6.27. The average molecular weight is 500 g/mol. The number of carbonyl (C=O) groups excluding carboxylic acids is 1. The largest absolute Gasteiger partial charge is 0.497 e. The SMILES string of the molecule is COc1cc(-c2cnn(C)c2)cc([C@@H](C)NC(=O)c2cc(N3C[C@H]4C[C@@H]3CN4C3CCC3)ccc2C)c1. The van der Waals surface area contributed by atoms with E-state index in [4.69, 9.17) is 4.74 Å². The van der Waals surface area contributed by atoms with Crippen molar-refractivity contribution in [1.29, 1.82) is 0 Å². The summed E-state index contributed by atoms with van der Waals surface area (Å²) in [5.74, 6) is 0.716. The number of nitrogens with one attached hydrogen (secondary N) is 1. The first kappa shape index (κ1) is 24.0. The first-order valence-electron chi connectivity index (χ1n) is 13.5. The summed E-state index contributed by atoms with van der Waals surface area (Å²) in [5, 5.41) is 7.53. The summed E-state index contributed by atoms with van der Waals surface area (Å²) in [4.78, 5) is 18.8. The number of rotatable bonds is 7. The zero-order chi connectivity index (χ0) is 25.7. The van der Waals surface area contributed by atoms with E-state index in [1.54, 1.807) is 11.8 Å². The number of piperazine rings is 1. The molecule has 3 aromatic rings. The Morgan fingerprint density at radius 1 is 1.08 bits per heavy atom. The van der Waals surface area contributed by atoms with E-state index in [1.807, 2.05) is 45.4 Å². The van der Waals surface area contributed by atoms with E-state index in [0.29, 0.717) is 12.1 Å². The van der Waals surface area contributed by atoms with Crippen molar-refractivity contribution in [2.24, 2.45) is 7.05 Å². The van der Waals surface area contributed by atoms with Crippen LogP contribution in [0, 0.1) is 6.92 Å². The normalized spacial score (nSPS) is 22.2. The van der Waals surface area contributed by atoms with Crippen LogP contribution in [0.1, 0.15) is 60.1 Å². The van der Waals surface area contributed by atoms with Gasteiger partial charge in [-0.15, -0.1) is 0 Å². The molecule has 1 saturated carbocycles. The van der Waals surface area contributed by atoms with Crippen molar-refractivity contribution >= 4 is 11.6 Å². The van der Waals surface area contributed by atoms with Crippen LogP contribution >= 0.6 is 0 Å². The predicted molar refractivity (Wildman–Crippen MR) is 146 cm³/mol. The van der Waals surface area contributed by atoms with E-state index in [-0.39, 0.29) is 11.9 Å². The fraction of sp³-hybridized carbons (Fsp3) is 0.467. The second-order valence-corrected chi connectivity index (χ2v) is 11.1. The first-order valence-corrected chi connectivity index (χ1v) is 13.5. The maximum atomic E-state index is 13.5. The van der Waals surface area contributed by atoms with Gasteiger partial charge in [-0.3, -0.25) is 14.4 Å². The summed E-state index contributed by atoms with van der Waals surface area (Å²) in [6, 6.07) is 14.3. The van der Waals surface area contributed by atoms with Gasteiger partial charge in [-0.2, -0.15) is 5.10 Å². The van der Waals surface area contributed by atoms with Crippen LogP contribution in [0.2, 0.25) is 0 Å². The molecule has 3 aliphatic rings. The second kappa shape index (κ2) is 9.53. The van der Waals surface area contributed by atoms with Crippen LogP contribution in [-0.4, -0.2) is 58.9 Å². The molecule has 3 atom stereocenters. The standard InChI is InChI=1S/C30H37N5O2/c1-19-8-9-25(35-18-26-13-27(35)17-34(26)24-6-5-7-24)14-29(19)30(36)32-20(2)21-10-22(12-28(11-21)37-4)23-15-31-33(3)16-23/h8-12,14-16,20,24,26-27H,5-7,13,17-18H2,1-4H3,(H,32,36)/t20-,26-,27-/m1/s1. The highest BCUT2D eigenvalue weighted by Crippen LogP contribution is 2.40. The van der Waals surface area contributed by atoms with Crippen molar-refractivity contribution in [3.05, 3.63) is 65.5 Å². The van der Waals surface area contributed by atoms with Crippen molar-refractivity contribution < 1.29 is 9.53 Å². The number of aryl methyl sites for hydroxylation is 2. The van der Waals surface area contributed by atoms with Crippen LogP contribution in [0.5, 0.6) is 5.75 Å². The molecule has 7 nitrogen and oxygen atoms in total. The van der Waals surface area contributed by atoms with Gasteiger partial charge >= 0.3 is 0 Å². The Labute approximate surface area is 219 Å². The number of hydrogen-bond donors (Lipinski definition) is 1. The predicted octanol–water partition coefficient (Wildman–Crippen LogP) is 4.71. The fourth-order valence-corrected chi connectivity index (χ4v) is 6.30. The number of hydrogen-bond acceptors (Lipinski definition) is 5. The Kier molecular flexibility index (Phi) is 6.19. The number of methoxy groups -OCH3 is 1. The third kappa shape index (κ3) is 4.50. The lowest BCUT2D eigenvalue weighted by Gasteiger charge is -2.43. The summed E-state index contributed by atoms with van der Waals surface area (Å²) in [7, 11) is 3.57. The lowest BCUT2D eigenvalue weighted by atomic mass is 9.91. The molecular weight excluding hydrogens is 462 g/mol. The monoisotopic (exact) mass is 499 g/mol. The van der Waals surface area contributed by atoms with Gasteiger partial charge in [0.2, 0.25) is 0 Å². The number of aromatic nitrogens is 2. The van der Waals surface area contributed by atoms with Crippen molar-refractivity contribution in [3.8, 4) is 16.9 Å². The zero-order valence-corrected chi connectivity index (χ0v) is 22.3. The van der Waals surface area contributed by atoms with Gasteiger partial charge in [0.1, 0.15) is 5.75 Å². The smallest absolute Gasteiger partial charge is 0.252 e. The third-order valence-electron chi connectivity index (χ3n) is 8.67. The molecule has 1 N–H and O–H groups in total. The van der Waals surface area contributed by atoms with Crippen LogP contribution < -0.4 is 15.0 Å². The highest BCUT2D eigenvalue weighted by molar-refractivity contribution is 5.97. The number of anilines is 1. The molecule has 3 fully saturated rings. The van der Waals surface area contributed by atoms with Crippen molar-refractivity contribution in [1.82, 2.24) is 20.0 Å². The Morgan fingerprint density at radius 2 is 1.92 bits per heavy atom. The van der Waals surface area contributed by atoms with E-state index in [1.165, 1.54) is 31.4 Å². The fourth-order valence-electron chi connectivity index (χ4n) is 6.30. The second-order valence-electron chi connectivity index (χ2n) is 11.1. The van der Waals surface area contributed by atoms with Gasteiger partial charge in [0.15, 0.2) is 0 Å². The maximum Gasteiger partial charge on any atom is 0.252 e. The number of carbonyl (C=O) groups is 1. The summed E-state index contributed by atoms with van der Waals surface area (Å²) in [6.07, 6.45) is 9.19. The minimum absolute atomic E-state index is 0.0435. The van der Waals surface area contributed by atoms with Crippen LogP contribution in [-0.2, 0) is 7.05 Å². The molecule has 37 heavy (non-hydrogen) atoms. The average Bonchev–Trinajstić information content (AvgIpc) is 3.59. The van der Waals surface area contributed by atoms with Gasteiger partial charge in [-0.25, -0.2) is 0 Å². The van der Waals surface area contributed by atoms with Gasteiger partial charge in [-0.1, -0.05) is 12.5 Å². The summed E-state index contributed by atoms with van der Waals surface area (Å²) in [5.41, 5.74) is 5.94. The van der Waals surface area contributed by atoms with Crippen molar-refractivity contribution in [2.45, 2.75) is 63.7 Å². The Balaban J connectivity index is 1.19. The molecule has 194 valence electrons. The Morgan fingerprint density at radius 3 is 2.57 bits per heavy atom. The van der Waals surface area contributed by atoms with Crippen LogP contribution in [0.4, 0.5) is 5.69 Å². The molecule has 2 bridgehead atoms. The summed E-state index contributed by atoms with van der Waals surface area (Å²) >= 11 is 0. The van der Waals surface area contributed by atoms with Gasteiger partial charge in [0.25, 0.3) is 5.91 Å². The van der Waals surface area contributed by atoms with Crippen molar-refractivity contribution in [2.75, 3.05) is 25.1 Å². The minimum atomic E-state index is -0.181. The van der Waals surface area contributed by atoms with E-state index in [0.717, 1.165) is 52.7 Å². The molecule has 2 saturated heterocycles. The Hall–Kier alpha value is -3.32. The quantitative estimate of drug-likeness (QED) is 0.510. The molecule has 1 aliphatic carbocycles. The number of amides is 1. The highest BCUT2D eigenvalue weighted by atomic mass is 16.5. The summed E-state index contributed by atoms with van der Waals surface area (Å²) < 4.78 is 7.35. The highest BCUT2D eigenvalue weighted by Gasteiger charge is 2.46. The molecule has 0 unspecified atom stereocenters. The number of fused-ring (bicyclic) bond motifs is 2. The molecule has 2 aromatic carbocycles. The molecule has 3 heterocycles. The molecule has 7 heteroatoms. The minimum Gasteiger partial charge on any atom is -0.497 e. The number of benzene rings is 2. The van der Waals surface area contributed by atoms with Crippen LogP contribution in [0.25, 0.3) is 11.1 Å². The molecular formula is C30H37N5O2. The molecule has 6 rings (SSSR count). The van der Waals surface area contributed by atoms with Crippen molar-refractivity contribution in [3.63, 3.8) is 0 Å². The van der Waals surface area contributed by atoms with E-state index in [9.17, 15) is 4.79 Å². The third-order valence-corrected chi connectivity index (χ3v) is 8.67. The van der Waals surface area contributed by atoms with Crippen LogP contribution in [0.3, 0.4) is 0 Å². The first-order chi connectivity index (χ1) is 17.9. The number of ether oxygens (including phenoxy) is 1. The zero-order valence-electron chi connectivity index (χ0n) is 22.3. The van der Waals surface area contributed by atoms with Gasteiger partial charge in [0.05, 0.1) is 19.3 Å². The topological polar surface area (TPSA) is 62.6 Å². The maximum absolute atomic E-state index is 13.5.